The van der Waals surface area contributed by atoms with E-state index in [1.807, 2.05) is 33.1 Å². The molecule has 0 bridgehead atoms. The number of amides is 2. The van der Waals surface area contributed by atoms with Gasteiger partial charge in [-0.2, -0.15) is 0 Å². The number of hydrogen-bond donors (Lipinski definition) is 3. The van der Waals surface area contributed by atoms with E-state index in [1.54, 1.807) is 6.08 Å². The summed E-state index contributed by atoms with van der Waals surface area (Å²) < 4.78 is 13.4. The van der Waals surface area contributed by atoms with Gasteiger partial charge in [0.2, 0.25) is 19.2 Å². The molecule has 2 aliphatic rings. The first kappa shape index (κ1) is 24.1. The maximum atomic E-state index is 13.4. The number of nitrogens with zero attached hydrogens (tertiary/aromatic N) is 2. The summed E-state index contributed by atoms with van der Waals surface area (Å²) in [6.07, 6.45) is 3.06. The van der Waals surface area contributed by atoms with E-state index in [0.29, 0.717) is 30.8 Å². The van der Waals surface area contributed by atoms with Gasteiger partial charge in [-0.25, -0.2) is 4.98 Å². The highest BCUT2D eigenvalue weighted by Gasteiger charge is 2.65. The maximum absolute atomic E-state index is 13.4. The van der Waals surface area contributed by atoms with Crippen molar-refractivity contribution in [3.8, 4) is 0 Å². The molecular formula is C21H33N4O4PS. The van der Waals surface area contributed by atoms with Crippen LogP contribution in [0.5, 0.6) is 0 Å². The summed E-state index contributed by atoms with van der Waals surface area (Å²) in [4.78, 5) is 43.0. The molecule has 1 aromatic heterocycles. The van der Waals surface area contributed by atoms with Crippen LogP contribution in [0, 0.1) is 18.3 Å². The number of likely N-dealkylation sites (tertiary alicyclic amines) is 1. The molecule has 172 valence electrons. The van der Waals surface area contributed by atoms with Crippen LogP contribution in [0.4, 0.5) is 0 Å². The van der Waals surface area contributed by atoms with Crippen LogP contribution < -0.4 is 11.1 Å². The summed E-state index contributed by atoms with van der Waals surface area (Å²) in [5.41, 5.74) is 6.51. The molecule has 3 rings (SSSR count). The van der Waals surface area contributed by atoms with Crippen molar-refractivity contribution in [2.24, 2.45) is 17.1 Å². The average Bonchev–Trinajstić information content (AvgIpc) is 3.00. The molecule has 2 amide bonds. The highest BCUT2D eigenvalue weighted by molar-refractivity contribution is 7.59. The molecule has 2 unspecified atom stereocenters. The van der Waals surface area contributed by atoms with Crippen LogP contribution >= 0.6 is 18.7 Å². The van der Waals surface area contributed by atoms with Crippen LogP contribution in [-0.4, -0.2) is 50.5 Å². The number of nitrogens with two attached hydrogens (primary N) is 1. The van der Waals surface area contributed by atoms with Crippen molar-refractivity contribution >= 4 is 30.5 Å². The lowest BCUT2D eigenvalue weighted by Gasteiger charge is -2.33. The Hall–Kier alpha value is -1.54. The third-order valence-corrected chi connectivity index (χ3v) is 10.1. The van der Waals surface area contributed by atoms with Crippen molar-refractivity contribution in [2.45, 2.75) is 70.5 Å². The second kappa shape index (κ2) is 8.43. The largest absolute Gasteiger partial charge is 0.342 e. The maximum Gasteiger partial charge on any atom is 0.243 e. The van der Waals surface area contributed by atoms with Gasteiger partial charge in [0.1, 0.15) is 16.3 Å². The molecule has 2 fully saturated rings. The third-order valence-electron chi connectivity index (χ3n) is 6.29. The van der Waals surface area contributed by atoms with Crippen molar-refractivity contribution in [1.29, 1.82) is 0 Å². The van der Waals surface area contributed by atoms with E-state index in [0.717, 1.165) is 5.69 Å². The summed E-state index contributed by atoms with van der Waals surface area (Å²) in [6, 6.07) is -1.42. The van der Waals surface area contributed by atoms with Gasteiger partial charge in [0.15, 0.2) is 0 Å². The Morgan fingerprint density at radius 1 is 1.55 bits per heavy atom. The molecule has 0 radical (unpaired) electrons. The molecule has 31 heavy (non-hydrogen) atoms. The van der Waals surface area contributed by atoms with Crippen molar-refractivity contribution < 1.29 is 19.0 Å². The van der Waals surface area contributed by atoms with Crippen LogP contribution in [-0.2, 0) is 20.3 Å². The van der Waals surface area contributed by atoms with Crippen molar-refractivity contribution in [3.05, 3.63) is 28.7 Å². The van der Waals surface area contributed by atoms with E-state index in [2.05, 4.69) is 16.9 Å². The number of carbonyl (C=O) groups is 2. The zero-order chi connectivity index (χ0) is 23.2. The number of carbonyl (C=O) groups excluding carboxylic acids is 2. The van der Waals surface area contributed by atoms with Crippen LogP contribution in [0.25, 0.3) is 0 Å². The van der Waals surface area contributed by atoms with Gasteiger partial charge in [-0.3, -0.25) is 14.2 Å². The average molecular weight is 469 g/mol. The molecule has 8 nitrogen and oxygen atoms in total. The number of hydrogen-bond acceptors (Lipinski definition) is 6. The molecule has 1 aromatic rings. The molecule has 1 saturated heterocycles. The molecule has 1 aliphatic carbocycles. The highest BCUT2D eigenvalue weighted by Crippen LogP contribution is 2.70. The first-order chi connectivity index (χ1) is 14.3. The van der Waals surface area contributed by atoms with Gasteiger partial charge in [-0.15, -0.1) is 17.9 Å². The van der Waals surface area contributed by atoms with E-state index >= 15 is 0 Å². The molecule has 2 heterocycles. The van der Waals surface area contributed by atoms with Gasteiger partial charge in [0.05, 0.1) is 12.2 Å². The van der Waals surface area contributed by atoms with E-state index < -0.39 is 36.1 Å². The zero-order valence-electron chi connectivity index (χ0n) is 18.6. The van der Waals surface area contributed by atoms with Crippen LogP contribution in [0.15, 0.2) is 18.0 Å². The fraction of sp³-hybridized carbons (Fsp3) is 0.667. The fourth-order valence-corrected chi connectivity index (χ4v) is 7.63. The van der Waals surface area contributed by atoms with Gasteiger partial charge >= 0.3 is 0 Å². The Morgan fingerprint density at radius 3 is 2.74 bits per heavy atom. The Labute approximate surface area is 187 Å². The Kier molecular flexibility index (Phi) is 6.55. The molecular weight excluding hydrogens is 435 g/mol. The van der Waals surface area contributed by atoms with Gasteiger partial charge in [0, 0.05) is 23.5 Å². The highest BCUT2D eigenvalue weighted by atomic mass is 32.1. The summed E-state index contributed by atoms with van der Waals surface area (Å²) in [6.45, 7) is 11.7. The standard InChI is InChI=1S/C21H33N4O4PS/c1-6-14-10-21(14,30(28,29)11-16-23-13(2)12-31-16)24-18(26)15-8-7-9-25(15)19(27)17(22)20(3,4)5/h6,12,14-15,17H,1,7-11,22H2,2-5H3,(H,24,26)(H,28,29)/t14-,15+,17?,21+/m1/s1. The van der Waals surface area contributed by atoms with E-state index in [4.69, 9.17) is 5.73 Å². The second-order valence-electron chi connectivity index (χ2n) is 9.74. The molecule has 0 spiro atoms. The molecule has 0 aromatic carbocycles. The predicted molar refractivity (Wildman–Crippen MR) is 122 cm³/mol. The summed E-state index contributed by atoms with van der Waals surface area (Å²) >= 11 is 1.33. The van der Waals surface area contributed by atoms with Gasteiger partial charge in [-0.05, 0) is 31.6 Å². The fourth-order valence-electron chi connectivity index (χ4n) is 4.14. The quantitative estimate of drug-likeness (QED) is 0.417. The monoisotopic (exact) mass is 468 g/mol. The number of aryl methyl sites for hydroxylation is 1. The number of aromatic nitrogens is 1. The van der Waals surface area contributed by atoms with E-state index in [1.165, 1.54) is 16.2 Å². The topological polar surface area (TPSA) is 126 Å². The lowest BCUT2D eigenvalue weighted by molar-refractivity contribution is -0.141. The SMILES string of the molecule is C=C[C@@H]1C[C@]1(NC(=O)[C@@H]1CCCN1C(=O)C(N)C(C)(C)C)P(=O)(O)Cc1nc(C)cs1. The van der Waals surface area contributed by atoms with Crippen LogP contribution in [0.3, 0.4) is 0 Å². The predicted octanol–water partition coefficient (Wildman–Crippen LogP) is 2.60. The van der Waals surface area contributed by atoms with Crippen LogP contribution in [0.2, 0.25) is 0 Å². The van der Waals surface area contributed by atoms with Crippen molar-refractivity contribution in [3.63, 3.8) is 0 Å². The summed E-state index contributed by atoms with van der Waals surface area (Å²) in [7, 11) is -3.83. The first-order valence-electron chi connectivity index (χ1n) is 10.6. The molecule has 5 atom stereocenters. The lowest BCUT2D eigenvalue weighted by Crippen LogP contribution is -2.56. The molecule has 1 saturated carbocycles. The molecule has 1 aliphatic heterocycles. The van der Waals surface area contributed by atoms with Gasteiger partial charge in [-0.1, -0.05) is 26.8 Å². The Bertz CT molecular complexity index is 927. The third kappa shape index (κ3) is 4.65. The van der Waals surface area contributed by atoms with Gasteiger partial charge in [0.25, 0.3) is 0 Å². The second-order valence-corrected chi connectivity index (χ2v) is 13.2. The van der Waals surface area contributed by atoms with Crippen molar-refractivity contribution in [1.82, 2.24) is 15.2 Å². The summed E-state index contributed by atoms with van der Waals surface area (Å²) in [5, 5.41) is 4.01. The number of nitrogens with one attached hydrogen (secondary N) is 1. The smallest absolute Gasteiger partial charge is 0.243 e. The zero-order valence-corrected chi connectivity index (χ0v) is 20.3. The van der Waals surface area contributed by atoms with E-state index in [9.17, 15) is 19.0 Å². The Balaban J connectivity index is 1.78. The van der Waals surface area contributed by atoms with E-state index in [-0.39, 0.29) is 18.0 Å². The minimum atomic E-state index is -3.83. The molecule has 4 N–H and O–H groups in total. The van der Waals surface area contributed by atoms with Gasteiger partial charge < -0.3 is 20.8 Å². The number of rotatable bonds is 7. The number of thiazole rings is 1. The van der Waals surface area contributed by atoms with Crippen molar-refractivity contribution in [2.75, 3.05) is 6.54 Å². The normalized spacial score (nSPS) is 28.6. The minimum absolute atomic E-state index is 0.0989. The summed E-state index contributed by atoms with van der Waals surface area (Å²) in [5.74, 6) is -0.961. The Morgan fingerprint density at radius 2 is 2.23 bits per heavy atom. The molecule has 10 heteroatoms. The lowest BCUT2D eigenvalue weighted by atomic mass is 9.86. The minimum Gasteiger partial charge on any atom is -0.342 e. The van der Waals surface area contributed by atoms with Crippen LogP contribution in [0.1, 0.15) is 50.7 Å². The first-order valence-corrected chi connectivity index (χ1v) is 13.3.